The zero-order valence-electron chi connectivity index (χ0n) is 19.7. The van der Waals surface area contributed by atoms with Crippen LogP contribution < -0.4 is 4.74 Å². The Labute approximate surface area is 191 Å². The lowest BCUT2D eigenvalue weighted by Crippen LogP contribution is -2.21. The number of hydrogen-bond acceptors (Lipinski definition) is 2. The van der Waals surface area contributed by atoms with Gasteiger partial charge in [0.25, 0.3) is 6.43 Å². The van der Waals surface area contributed by atoms with Crippen molar-refractivity contribution in [3.8, 4) is 5.75 Å². The van der Waals surface area contributed by atoms with Gasteiger partial charge in [0.05, 0.1) is 12.2 Å². The molecule has 2 saturated carbocycles. The van der Waals surface area contributed by atoms with Crippen LogP contribution >= 0.6 is 0 Å². The first kappa shape index (κ1) is 25.1. The van der Waals surface area contributed by atoms with Crippen LogP contribution in [0.4, 0.5) is 13.2 Å². The molecule has 2 nitrogen and oxygen atoms in total. The molecule has 2 aliphatic carbocycles. The summed E-state index contributed by atoms with van der Waals surface area (Å²) in [6.07, 6.45) is 11.1. The van der Waals surface area contributed by atoms with Crippen molar-refractivity contribution in [2.24, 2.45) is 23.7 Å². The second kappa shape index (κ2) is 12.1. The minimum absolute atomic E-state index is 0.0581. The molecule has 0 saturated heterocycles. The van der Waals surface area contributed by atoms with Gasteiger partial charge in [-0.15, -0.1) is 0 Å². The number of Topliss-reactive ketones (excluding diaryl/α,β-unsaturated/α-hetero) is 1. The van der Waals surface area contributed by atoms with Gasteiger partial charge >= 0.3 is 0 Å². The molecule has 2 fully saturated rings. The van der Waals surface area contributed by atoms with Crippen LogP contribution in [0.3, 0.4) is 0 Å². The van der Waals surface area contributed by atoms with E-state index in [0.717, 1.165) is 30.6 Å². The number of benzene rings is 1. The van der Waals surface area contributed by atoms with Crippen molar-refractivity contribution in [1.82, 2.24) is 0 Å². The van der Waals surface area contributed by atoms with Crippen LogP contribution in [-0.2, 0) is 0 Å². The van der Waals surface area contributed by atoms with E-state index in [4.69, 9.17) is 4.74 Å². The molecule has 5 heteroatoms. The second-order valence-corrected chi connectivity index (χ2v) is 9.99. The number of alkyl halides is 2. The van der Waals surface area contributed by atoms with Crippen LogP contribution in [0.1, 0.15) is 113 Å². The van der Waals surface area contributed by atoms with E-state index < -0.39 is 23.6 Å². The summed E-state index contributed by atoms with van der Waals surface area (Å²) in [7, 11) is 0. The fourth-order valence-electron chi connectivity index (χ4n) is 5.63. The minimum atomic E-state index is -3.04. The zero-order valence-corrected chi connectivity index (χ0v) is 19.7. The molecule has 0 unspecified atom stereocenters. The lowest BCUT2D eigenvalue weighted by molar-refractivity contribution is 0.0969. The average Bonchev–Trinajstić information content (AvgIpc) is 2.82. The molecule has 0 bridgehead atoms. The highest BCUT2D eigenvalue weighted by atomic mass is 19.3. The van der Waals surface area contributed by atoms with Crippen LogP contribution in [0.15, 0.2) is 12.1 Å². The van der Waals surface area contributed by atoms with E-state index in [9.17, 15) is 18.0 Å². The number of hydrogen-bond donors (Lipinski definition) is 0. The topological polar surface area (TPSA) is 26.3 Å². The van der Waals surface area contributed by atoms with Crippen molar-refractivity contribution >= 4 is 5.78 Å². The van der Waals surface area contributed by atoms with Crippen molar-refractivity contribution in [3.63, 3.8) is 0 Å². The minimum Gasteiger partial charge on any atom is -0.490 e. The van der Waals surface area contributed by atoms with Gasteiger partial charge in [-0.05, 0) is 48.6 Å². The second-order valence-electron chi connectivity index (χ2n) is 9.99. The van der Waals surface area contributed by atoms with Crippen molar-refractivity contribution in [3.05, 3.63) is 29.1 Å². The summed E-state index contributed by atoms with van der Waals surface area (Å²) >= 11 is 0. The first-order chi connectivity index (χ1) is 15.4. The maximum absolute atomic E-state index is 14.7. The van der Waals surface area contributed by atoms with Crippen LogP contribution in [0, 0.1) is 29.5 Å². The SMILES string of the molecule is CCC(=O)c1ccc(OCC2CCC(CCC3CCC(CC)CC3)CC2)c(F)c1C(F)F. The highest BCUT2D eigenvalue weighted by molar-refractivity contribution is 5.97. The maximum atomic E-state index is 14.7. The lowest BCUT2D eigenvalue weighted by Gasteiger charge is -2.31. The lowest BCUT2D eigenvalue weighted by atomic mass is 9.75. The van der Waals surface area contributed by atoms with Gasteiger partial charge in [-0.1, -0.05) is 71.6 Å². The summed E-state index contributed by atoms with van der Waals surface area (Å²) in [6.45, 7) is 4.23. The van der Waals surface area contributed by atoms with Gasteiger partial charge in [0.15, 0.2) is 17.3 Å². The van der Waals surface area contributed by atoms with Gasteiger partial charge in [-0.25, -0.2) is 13.2 Å². The molecule has 0 atom stereocenters. The molecule has 0 aliphatic heterocycles. The smallest absolute Gasteiger partial charge is 0.267 e. The van der Waals surface area contributed by atoms with Crippen LogP contribution in [0.25, 0.3) is 0 Å². The molecule has 0 heterocycles. The molecule has 1 aromatic carbocycles. The van der Waals surface area contributed by atoms with Crippen molar-refractivity contribution in [1.29, 1.82) is 0 Å². The molecular weight excluding hydrogens is 413 g/mol. The van der Waals surface area contributed by atoms with Gasteiger partial charge in [0.1, 0.15) is 0 Å². The third-order valence-corrected chi connectivity index (χ3v) is 7.95. The van der Waals surface area contributed by atoms with Crippen molar-refractivity contribution in [2.45, 2.75) is 97.3 Å². The van der Waals surface area contributed by atoms with E-state index in [0.29, 0.717) is 12.5 Å². The largest absolute Gasteiger partial charge is 0.490 e. The quantitative estimate of drug-likeness (QED) is 0.332. The molecule has 0 amide bonds. The van der Waals surface area contributed by atoms with Crippen LogP contribution in [0.5, 0.6) is 5.75 Å². The normalized spacial score (nSPS) is 26.3. The van der Waals surface area contributed by atoms with Crippen LogP contribution in [-0.4, -0.2) is 12.4 Å². The predicted molar refractivity (Wildman–Crippen MR) is 122 cm³/mol. The van der Waals surface area contributed by atoms with E-state index in [1.54, 1.807) is 6.92 Å². The molecule has 3 rings (SSSR count). The Balaban J connectivity index is 1.44. The van der Waals surface area contributed by atoms with Crippen molar-refractivity contribution in [2.75, 3.05) is 6.61 Å². The molecule has 0 spiro atoms. The maximum Gasteiger partial charge on any atom is 0.267 e. The first-order valence-electron chi connectivity index (χ1n) is 12.7. The van der Waals surface area contributed by atoms with E-state index in [2.05, 4.69) is 6.92 Å². The summed E-state index contributed by atoms with van der Waals surface area (Å²) in [4.78, 5) is 11.9. The molecule has 2 aliphatic rings. The van der Waals surface area contributed by atoms with Gasteiger partial charge in [0.2, 0.25) is 0 Å². The summed E-state index contributed by atoms with van der Waals surface area (Å²) in [5, 5.41) is 0. The zero-order chi connectivity index (χ0) is 23.1. The van der Waals surface area contributed by atoms with Gasteiger partial charge < -0.3 is 4.74 Å². The molecule has 1 aromatic rings. The number of rotatable bonds is 10. The average molecular weight is 453 g/mol. The number of halogens is 3. The molecule has 32 heavy (non-hydrogen) atoms. The van der Waals surface area contributed by atoms with E-state index in [1.807, 2.05) is 0 Å². The van der Waals surface area contributed by atoms with E-state index in [1.165, 1.54) is 69.9 Å². The van der Waals surface area contributed by atoms with Gasteiger partial charge in [-0.2, -0.15) is 0 Å². The number of ketones is 1. The Morgan fingerprint density at radius 1 is 0.906 bits per heavy atom. The highest BCUT2D eigenvalue weighted by Crippen LogP contribution is 2.38. The molecule has 0 radical (unpaired) electrons. The predicted octanol–water partition coefficient (Wildman–Crippen LogP) is 8.54. The summed E-state index contributed by atoms with van der Waals surface area (Å²) in [5.41, 5.74) is -1.07. The van der Waals surface area contributed by atoms with E-state index >= 15 is 0 Å². The van der Waals surface area contributed by atoms with Gasteiger partial charge in [-0.3, -0.25) is 4.79 Å². The molecular formula is C27H39F3O2. The number of carbonyl (C=O) groups excluding carboxylic acids is 1. The molecule has 0 aromatic heterocycles. The number of ether oxygens (including phenoxy) is 1. The Kier molecular flexibility index (Phi) is 9.48. The van der Waals surface area contributed by atoms with E-state index in [-0.39, 0.29) is 17.7 Å². The Morgan fingerprint density at radius 2 is 1.44 bits per heavy atom. The summed E-state index contributed by atoms with van der Waals surface area (Å²) in [6, 6.07) is 2.60. The van der Waals surface area contributed by atoms with Crippen molar-refractivity contribution < 1.29 is 22.7 Å². The standard InChI is InChI=1S/C27H39F3O2/c1-3-18-5-7-19(8-6-18)9-10-20-11-13-21(14-12-20)17-32-24-16-15-22(23(31)4-2)25(26(24)28)27(29)30/h15-16,18-21,27H,3-14,17H2,1-2H3. The fourth-order valence-corrected chi connectivity index (χ4v) is 5.63. The number of carbonyl (C=O) groups is 1. The third kappa shape index (κ3) is 6.51. The fraction of sp³-hybridized carbons (Fsp3) is 0.741. The molecule has 0 N–H and O–H groups in total. The Bertz CT molecular complexity index is 733. The first-order valence-corrected chi connectivity index (χ1v) is 12.7. The van der Waals surface area contributed by atoms with Crippen LogP contribution in [0.2, 0.25) is 0 Å². The Hall–Kier alpha value is -1.52. The highest BCUT2D eigenvalue weighted by Gasteiger charge is 2.27. The molecule has 180 valence electrons. The summed E-state index contributed by atoms with van der Waals surface area (Å²) < 4.78 is 47.1. The monoisotopic (exact) mass is 452 g/mol. The third-order valence-electron chi connectivity index (χ3n) is 7.95. The Morgan fingerprint density at radius 3 is 1.94 bits per heavy atom. The summed E-state index contributed by atoms with van der Waals surface area (Å²) in [5.74, 6) is 1.22. The van der Waals surface area contributed by atoms with Gasteiger partial charge in [0, 0.05) is 12.0 Å².